The number of nitrogens with one attached hydrogen (secondary N) is 3. The number of amides is 2. The maximum absolute atomic E-state index is 13.2. The summed E-state index contributed by atoms with van der Waals surface area (Å²) < 4.78 is 0. The zero-order valence-electron chi connectivity index (χ0n) is 17.2. The third-order valence-electron chi connectivity index (χ3n) is 6.85. The van der Waals surface area contributed by atoms with E-state index in [0.717, 1.165) is 24.9 Å². The van der Waals surface area contributed by atoms with Gasteiger partial charge in [-0.05, 0) is 54.7 Å². The van der Waals surface area contributed by atoms with Crippen molar-refractivity contribution >= 4 is 17.5 Å². The predicted octanol–water partition coefficient (Wildman–Crippen LogP) is 2.05. The number of fused-ring (bicyclic) bond motifs is 2. The standard InChI is InChI=1S/C24H28N4O2/c1-28-21-10-6-5-9-18(21)24(11-12-24)15-20(23(28)30)25-22(29)19-14-17(26-27-19)13-16-7-3-2-4-8-16/h2-10,17,19-20,26-27H,11-15H2,1H3,(H,25,29)/t17?,19?,20-/m0/s1. The van der Waals surface area contributed by atoms with Gasteiger partial charge in [-0.1, -0.05) is 48.5 Å². The highest BCUT2D eigenvalue weighted by molar-refractivity contribution is 6.01. The molecule has 1 spiro atoms. The Bertz CT molecular complexity index is 957. The van der Waals surface area contributed by atoms with Gasteiger partial charge in [0.15, 0.2) is 0 Å². The van der Waals surface area contributed by atoms with Gasteiger partial charge in [0, 0.05) is 18.8 Å². The van der Waals surface area contributed by atoms with Crippen molar-refractivity contribution in [3.63, 3.8) is 0 Å². The minimum atomic E-state index is -0.493. The minimum Gasteiger partial charge on any atom is -0.343 e. The smallest absolute Gasteiger partial charge is 0.249 e. The number of nitrogens with zero attached hydrogens (tertiary/aromatic N) is 1. The summed E-state index contributed by atoms with van der Waals surface area (Å²) in [5, 5.41) is 3.06. The third kappa shape index (κ3) is 3.50. The van der Waals surface area contributed by atoms with Crippen LogP contribution in [0.4, 0.5) is 5.69 Å². The quantitative estimate of drug-likeness (QED) is 0.729. The van der Waals surface area contributed by atoms with Crippen LogP contribution in [0, 0.1) is 0 Å². The molecule has 2 amide bonds. The van der Waals surface area contributed by atoms with E-state index >= 15 is 0 Å². The zero-order valence-corrected chi connectivity index (χ0v) is 17.2. The van der Waals surface area contributed by atoms with Gasteiger partial charge in [0.2, 0.25) is 11.8 Å². The van der Waals surface area contributed by atoms with E-state index in [1.54, 1.807) is 4.90 Å². The molecule has 2 fully saturated rings. The van der Waals surface area contributed by atoms with Crippen molar-refractivity contribution in [2.24, 2.45) is 0 Å². The second kappa shape index (κ2) is 7.52. The summed E-state index contributed by atoms with van der Waals surface area (Å²) in [7, 11) is 1.81. The Morgan fingerprint density at radius 2 is 1.83 bits per heavy atom. The predicted molar refractivity (Wildman–Crippen MR) is 116 cm³/mol. The molecule has 0 aromatic heterocycles. The molecule has 3 N–H and O–H groups in total. The topological polar surface area (TPSA) is 73.5 Å². The van der Waals surface area contributed by atoms with Crippen LogP contribution in [0.25, 0.3) is 0 Å². The molecule has 6 nitrogen and oxygen atoms in total. The second-order valence-corrected chi connectivity index (χ2v) is 8.92. The highest BCUT2D eigenvalue weighted by atomic mass is 16.2. The fourth-order valence-corrected chi connectivity index (χ4v) is 4.99. The van der Waals surface area contributed by atoms with Crippen LogP contribution in [0.3, 0.4) is 0 Å². The summed E-state index contributed by atoms with van der Waals surface area (Å²) in [5.41, 5.74) is 9.84. The van der Waals surface area contributed by atoms with E-state index in [1.165, 1.54) is 11.1 Å². The van der Waals surface area contributed by atoms with Gasteiger partial charge in [-0.2, -0.15) is 0 Å². The average Bonchev–Trinajstić information content (AvgIpc) is 3.42. The number of hydrogen-bond acceptors (Lipinski definition) is 4. The van der Waals surface area contributed by atoms with Crippen molar-refractivity contribution < 1.29 is 9.59 Å². The molecule has 1 aliphatic carbocycles. The summed E-state index contributed by atoms with van der Waals surface area (Å²) in [6, 6.07) is 17.8. The van der Waals surface area contributed by atoms with E-state index in [2.05, 4.69) is 34.4 Å². The Kier molecular flexibility index (Phi) is 4.83. The van der Waals surface area contributed by atoms with Crippen LogP contribution in [0.15, 0.2) is 54.6 Å². The Morgan fingerprint density at radius 3 is 2.60 bits per heavy atom. The minimum absolute atomic E-state index is 0.0200. The SMILES string of the molecule is CN1C(=O)[C@@H](NC(=O)C2CC(Cc3ccccc3)NN2)CC2(CC2)c2ccccc21. The van der Waals surface area contributed by atoms with E-state index in [-0.39, 0.29) is 29.3 Å². The van der Waals surface area contributed by atoms with E-state index < -0.39 is 6.04 Å². The summed E-state index contributed by atoms with van der Waals surface area (Å²) >= 11 is 0. The molecule has 3 aliphatic rings. The van der Waals surface area contributed by atoms with Crippen LogP contribution in [0.1, 0.15) is 36.8 Å². The molecule has 5 rings (SSSR count). The molecule has 0 bridgehead atoms. The number of carbonyl (C=O) groups is 2. The Balaban J connectivity index is 1.26. The van der Waals surface area contributed by atoms with Crippen LogP contribution in [-0.4, -0.2) is 37.0 Å². The van der Waals surface area contributed by atoms with Crippen molar-refractivity contribution in [2.75, 3.05) is 11.9 Å². The second-order valence-electron chi connectivity index (χ2n) is 8.92. The summed E-state index contributed by atoms with van der Waals surface area (Å²) in [5.74, 6) is -0.141. The molecule has 2 aromatic rings. The fraction of sp³-hybridized carbons (Fsp3) is 0.417. The number of rotatable bonds is 4. The van der Waals surface area contributed by atoms with Gasteiger partial charge < -0.3 is 10.2 Å². The molecule has 2 unspecified atom stereocenters. The number of hydrogen-bond donors (Lipinski definition) is 3. The summed E-state index contributed by atoms with van der Waals surface area (Å²) in [6.45, 7) is 0. The first-order chi connectivity index (χ1) is 14.6. The molecule has 2 aliphatic heterocycles. The number of hydrazine groups is 1. The Labute approximate surface area is 177 Å². The number of para-hydroxylation sites is 1. The normalized spacial score (nSPS) is 26.9. The maximum atomic E-state index is 13.2. The number of carbonyl (C=O) groups excluding carboxylic acids is 2. The van der Waals surface area contributed by atoms with Gasteiger partial charge in [-0.15, -0.1) is 0 Å². The molecule has 6 heteroatoms. The van der Waals surface area contributed by atoms with Crippen LogP contribution >= 0.6 is 0 Å². The highest BCUT2D eigenvalue weighted by Crippen LogP contribution is 2.55. The number of likely N-dealkylation sites (N-methyl/N-ethyl adjacent to an activating group) is 1. The maximum Gasteiger partial charge on any atom is 0.249 e. The molecule has 2 heterocycles. The largest absolute Gasteiger partial charge is 0.343 e. The van der Waals surface area contributed by atoms with Crippen LogP contribution in [-0.2, 0) is 21.4 Å². The van der Waals surface area contributed by atoms with Gasteiger partial charge in [0.05, 0.1) is 0 Å². The van der Waals surface area contributed by atoms with Crippen molar-refractivity contribution in [3.8, 4) is 0 Å². The molecule has 156 valence electrons. The van der Waals surface area contributed by atoms with Crippen molar-refractivity contribution in [3.05, 3.63) is 65.7 Å². The molecule has 1 saturated carbocycles. The molecule has 30 heavy (non-hydrogen) atoms. The molecule has 1 saturated heterocycles. The van der Waals surface area contributed by atoms with E-state index in [9.17, 15) is 9.59 Å². The monoisotopic (exact) mass is 404 g/mol. The first kappa shape index (κ1) is 19.3. The van der Waals surface area contributed by atoms with E-state index in [0.29, 0.717) is 12.8 Å². The van der Waals surface area contributed by atoms with Crippen molar-refractivity contribution in [2.45, 2.75) is 55.6 Å². The van der Waals surface area contributed by atoms with Crippen LogP contribution in [0.5, 0.6) is 0 Å². The molecule has 2 aromatic carbocycles. The Morgan fingerprint density at radius 1 is 1.10 bits per heavy atom. The molecule has 3 atom stereocenters. The molecular weight excluding hydrogens is 376 g/mol. The van der Waals surface area contributed by atoms with Crippen molar-refractivity contribution in [1.82, 2.24) is 16.2 Å². The lowest BCUT2D eigenvalue weighted by atomic mass is 9.89. The lowest BCUT2D eigenvalue weighted by Gasteiger charge is -2.23. The van der Waals surface area contributed by atoms with E-state index in [4.69, 9.17) is 0 Å². The lowest BCUT2D eigenvalue weighted by Crippen LogP contribution is -2.52. The lowest BCUT2D eigenvalue weighted by molar-refractivity contribution is -0.128. The molecular formula is C24H28N4O2. The van der Waals surface area contributed by atoms with Gasteiger partial charge in [0.1, 0.15) is 12.1 Å². The fourth-order valence-electron chi connectivity index (χ4n) is 4.99. The first-order valence-corrected chi connectivity index (χ1v) is 10.8. The number of benzene rings is 2. The van der Waals surface area contributed by atoms with Gasteiger partial charge in [-0.3, -0.25) is 15.0 Å². The summed E-state index contributed by atoms with van der Waals surface area (Å²) in [6.07, 6.45) is 4.37. The molecule has 0 radical (unpaired) electrons. The first-order valence-electron chi connectivity index (χ1n) is 10.8. The van der Waals surface area contributed by atoms with Crippen LogP contribution < -0.4 is 21.1 Å². The van der Waals surface area contributed by atoms with Gasteiger partial charge in [-0.25, -0.2) is 5.43 Å². The van der Waals surface area contributed by atoms with Gasteiger partial charge in [0.25, 0.3) is 0 Å². The van der Waals surface area contributed by atoms with Gasteiger partial charge >= 0.3 is 0 Å². The number of anilines is 1. The zero-order chi connectivity index (χ0) is 20.7. The summed E-state index contributed by atoms with van der Waals surface area (Å²) in [4.78, 5) is 27.9. The highest BCUT2D eigenvalue weighted by Gasteiger charge is 2.51. The third-order valence-corrected chi connectivity index (χ3v) is 6.85. The van der Waals surface area contributed by atoms with Crippen LogP contribution in [0.2, 0.25) is 0 Å². The van der Waals surface area contributed by atoms with Crippen molar-refractivity contribution in [1.29, 1.82) is 0 Å². The average molecular weight is 405 g/mol. The van der Waals surface area contributed by atoms with E-state index in [1.807, 2.05) is 43.4 Å². The Hall–Kier alpha value is -2.70.